The average Bonchev–Trinajstić information content (AvgIpc) is 2.58. The molecule has 2 rings (SSSR count). The second kappa shape index (κ2) is 4.73. The molecular formula is C13H18ClFN2. The maximum Gasteiger partial charge on any atom is 0.143 e. The highest BCUT2D eigenvalue weighted by Crippen LogP contribution is 2.35. The number of nitrogen functional groups attached to an aromatic ring is 1. The molecule has 0 amide bonds. The minimum atomic E-state index is -0.429. The first-order valence-electron chi connectivity index (χ1n) is 6.00. The molecule has 3 unspecified atom stereocenters. The third-order valence-corrected chi connectivity index (χ3v) is 4.19. The van der Waals surface area contributed by atoms with Gasteiger partial charge in [0.2, 0.25) is 0 Å². The third-order valence-electron chi connectivity index (χ3n) is 3.90. The fourth-order valence-electron chi connectivity index (χ4n) is 2.46. The molecule has 0 saturated heterocycles. The molecule has 0 spiro atoms. The van der Waals surface area contributed by atoms with E-state index in [0.29, 0.717) is 29.3 Å². The van der Waals surface area contributed by atoms with Gasteiger partial charge in [0.05, 0.1) is 16.4 Å². The van der Waals surface area contributed by atoms with Crippen LogP contribution in [0.3, 0.4) is 0 Å². The summed E-state index contributed by atoms with van der Waals surface area (Å²) in [5.41, 5.74) is 6.99. The van der Waals surface area contributed by atoms with Gasteiger partial charge in [-0.15, -0.1) is 0 Å². The van der Waals surface area contributed by atoms with Gasteiger partial charge in [0, 0.05) is 12.1 Å². The first-order chi connectivity index (χ1) is 7.99. The van der Waals surface area contributed by atoms with Crippen LogP contribution < -0.4 is 11.1 Å². The van der Waals surface area contributed by atoms with Crippen molar-refractivity contribution in [2.24, 2.45) is 11.8 Å². The number of nitrogens with two attached hydrogens (primary N) is 1. The van der Waals surface area contributed by atoms with Crippen LogP contribution in [0.4, 0.5) is 15.8 Å². The molecule has 17 heavy (non-hydrogen) atoms. The summed E-state index contributed by atoms with van der Waals surface area (Å²) < 4.78 is 13.4. The van der Waals surface area contributed by atoms with E-state index in [2.05, 4.69) is 19.2 Å². The van der Waals surface area contributed by atoms with Crippen LogP contribution in [0.25, 0.3) is 0 Å². The molecule has 0 radical (unpaired) electrons. The number of anilines is 2. The van der Waals surface area contributed by atoms with E-state index in [0.717, 1.165) is 6.42 Å². The van der Waals surface area contributed by atoms with Crippen molar-refractivity contribution < 1.29 is 4.39 Å². The van der Waals surface area contributed by atoms with Gasteiger partial charge in [0.25, 0.3) is 0 Å². The number of hydrogen-bond acceptors (Lipinski definition) is 2. The van der Waals surface area contributed by atoms with Crippen molar-refractivity contribution in [2.75, 3.05) is 11.1 Å². The lowest BCUT2D eigenvalue weighted by Crippen LogP contribution is -2.24. The highest BCUT2D eigenvalue weighted by Gasteiger charge is 2.29. The average molecular weight is 257 g/mol. The summed E-state index contributed by atoms with van der Waals surface area (Å²) >= 11 is 5.67. The quantitative estimate of drug-likeness (QED) is 0.788. The summed E-state index contributed by atoms with van der Waals surface area (Å²) in [5, 5.41) is 3.40. The Kier molecular flexibility index (Phi) is 3.48. The molecule has 1 aromatic rings. The Labute approximate surface area is 106 Å². The molecule has 1 aromatic carbocycles. The molecule has 0 aliphatic heterocycles. The fourth-order valence-corrected chi connectivity index (χ4v) is 2.63. The molecular weight excluding hydrogens is 239 g/mol. The van der Waals surface area contributed by atoms with E-state index in [-0.39, 0.29) is 5.02 Å². The summed E-state index contributed by atoms with van der Waals surface area (Å²) in [6, 6.07) is 3.21. The van der Waals surface area contributed by atoms with Crippen LogP contribution in [-0.2, 0) is 0 Å². The lowest BCUT2D eigenvalue weighted by Gasteiger charge is -2.22. The molecule has 1 saturated carbocycles. The minimum Gasteiger partial charge on any atom is -0.397 e. The van der Waals surface area contributed by atoms with Crippen molar-refractivity contribution in [3.8, 4) is 0 Å². The molecule has 4 heteroatoms. The first-order valence-corrected chi connectivity index (χ1v) is 6.38. The zero-order valence-corrected chi connectivity index (χ0v) is 10.9. The van der Waals surface area contributed by atoms with Gasteiger partial charge >= 0.3 is 0 Å². The maximum atomic E-state index is 13.4. The standard InChI is InChI=1S/C13H18ClFN2/c1-7-3-4-12(8(7)2)17-13-6-10(15)9(14)5-11(13)16/h5-8,12,17H,3-4,16H2,1-2H3. The highest BCUT2D eigenvalue weighted by atomic mass is 35.5. The van der Waals surface area contributed by atoms with E-state index in [9.17, 15) is 4.39 Å². The largest absolute Gasteiger partial charge is 0.397 e. The van der Waals surface area contributed by atoms with Crippen molar-refractivity contribution in [3.05, 3.63) is 23.0 Å². The van der Waals surface area contributed by atoms with Crippen LogP contribution in [0.15, 0.2) is 12.1 Å². The van der Waals surface area contributed by atoms with Crippen molar-refractivity contribution in [1.82, 2.24) is 0 Å². The number of nitrogens with one attached hydrogen (secondary N) is 1. The molecule has 0 bridgehead atoms. The summed E-state index contributed by atoms with van der Waals surface area (Å²) in [5.74, 6) is 0.848. The Balaban J connectivity index is 2.16. The molecule has 94 valence electrons. The lowest BCUT2D eigenvalue weighted by molar-refractivity contribution is 0.435. The van der Waals surface area contributed by atoms with Gasteiger partial charge in [-0.05, 0) is 30.7 Å². The Morgan fingerprint density at radius 2 is 2.06 bits per heavy atom. The normalized spacial score (nSPS) is 28.4. The molecule has 1 aliphatic rings. The molecule has 0 aromatic heterocycles. The molecule has 1 fully saturated rings. The first kappa shape index (κ1) is 12.5. The Morgan fingerprint density at radius 3 is 2.65 bits per heavy atom. The highest BCUT2D eigenvalue weighted by molar-refractivity contribution is 6.31. The zero-order valence-electron chi connectivity index (χ0n) is 10.1. The van der Waals surface area contributed by atoms with Gasteiger partial charge in [0.15, 0.2) is 0 Å². The third kappa shape index (κ3) is 2.49. The predicted molar refractivity (Wildman–Crippen MR) is 70.8 cm³/mol. The molecule has 2 nitrogen and oxygen atoms in total. The van der Waals surface area contributed by atoms with Crippen LogP contribution in [0.1, 0.15) is 26.7 Å². The predicted octanol–water partition coefficient (Wildman–Crippen LogP) is 3.91. The smallest absolute Gasteiger partial charge is 0.143 e. The van der Waals surface area contributed by atoms with Crippen LogP contribution in [0.2, 0.25) is 5.02 Å². The van der Waals surface area contributed by atoms with Crippen molar-refractivity contribution >= 4 is 23.0 Å². The van der Waals surface area contributed by atoms with Crippen molar-refractivity contribution in [3.63, 3.8) is 0 Å². The van der Waals surface area contributed by atoms with Crippen molar-refractivity contribution in [2.45, 2.75) is 32.7 Å². The second-order valence-corrected chi connectivity index (χ2v) is 5.43. The van der Waals surface area contributed by atoms with Crippen LogP contribution in [-0.4, -0.2) is 6.04 Å². The number of rotatable bonds is 2. The van der Waals surface area contributed by atoms with Gasteiger partial charge in [-0.2, -0.15) is 0 Å². The Morgan fingerprint density at radius 1 is 1.35 bits per heavy atom. The summed E-state index contributed by atoms with van der Waals surface area (Å²) in [6.45, 7) is 4.47. The van der Waals surface area contributed by atoms with Gasteiger partial charge in [0.1, 0.15) is 5.82 Å². The Bertz CT molecular complexity index is 422. The lowest BCUT2D eigenvalue weighted by atomic mass is 9.97. The molecule has 0 heterocycles. The van der Waals surface area contributed by atoms with Gasteiger partial charge in [-0.25, -0.2) is 4.39 Å². The van der Waals surface area contributed by atoms with E-state index in [1.54, 1.807) is 0 Å². The maximum absolute atomic E-state index is 13.4. The SMILES string of the molecule is CC1CCC(Nc2cc(F)c(Cl)cc2N)C1C. The van der Waals surface area contributed by atoms with Crippen molar-refractivity contribution in [1.29, 1.82) is 0 Å². The van der Waals surface area contributed by atoms with Gasteiger partial charge in [-0.3, -0.25) is 0 Å². The zero-order chi connectivity index (χ0) is 12.6. The Hall–Kier alpha value is -0.960. The van der Waals surface area contributed by atoms with Crippen LogP contribution in [0, 0.1) is 17.7 Å². The summed E-state index contributed by atoms with van der Waals surface area (Å²) in [6.07, 6.45) is 2.31. The molecule has 1 aliphatic carbocycles. The van der Waals surface area contributed by atoms with Gasteiger partial charge in [-0.1, -0.05) is 25.4 Å². The minimum absolute atomic E-state index is 0.0703. The van der Waals surface area contributed by atoms with Gasteiger partial charge < -0.3 is 11.1 Å². The van der Waals surface area contributed by atoms with E-state index < -0.39 is 5.82 Å². The fraction of sp³-hybridized carbons (Fsp3) is 0.538. The number of halogens is 2. The monoisotopic (exact) mass is 256 g/mol. The van der Waals surface area contributed by atoms with E-state index in [1.165, 1.54) is 18.6 Å². The molecule has 3 N–H and O–H groups in total. The second-order valence-electron chi connectivity index (χ2n) is 5.02. The molecule has 3 atom stereocenters. The summed E-state index contributed by atoms with van der Waals surface area (Å²) in [7, 11) is 0. The van der Waals surface area contributed by atoms with E-state index in [1.807, 2.05) is 0 Å². The van der Waals surface area contributed by atoms with Crippen LogP contribution >= 0.6 is 11.6 Å². The van der Waals surface area contributed by atoms with E-state index in [4.69, 9.17) is 17.3 Å². The summed E-state index contributed by atoms with van der Waals surface area (Å²) in [4.78, 5) is 0. The topological polar surface area (TPSA) is 38.0 Å². The number of benzene rings is 1. The van der Waals surface area contributed by atoms with E-state index >= 15 is 0 Å². The van der Waals surface area contributed by atoms with Crippen LogP contribution in [0.5, 0.6) is 0 Å². The number of hydrogen-bond donors (Lipinski definition) is 2.